The van der Waals surface area contributed by atoms with Gasteiger partial charge in [0, 0.05) is 4.90 Å². The third kappa shape index (κ3) is 3.88. The average Bonchev–Trinajstić information content (AvgIpc) is 2.79. The van der Waals surface area contributed by atoms with Gasteiger partial charge < -0.3 is 10.1 Å². The van der Waals surface area contributed by atoms with Crippen molar-refractivity contribution in [1.82, 2.24) is 0 Å². The second kappa shape index (κ2) is 8.41. The van der Waals surface area contributed by atoms with Crippen LogP contribution < -0.4 is 14.4 Å². The number of ether oxygens (including phenoxy) is 1. The Balaban J connectivity index is 1.67. The molecule has 0 fully saturated rings. The van der Waals surface area contributed by atoms with Crippen LogP contribution >= 0.6 is 11.8 Å². The van der Waals surface area contributed by atoms with Crippen LogP contribution in [-0.2, 0) is 14.8 Å². The van der Waals surface area contributed by atoms with Gasteiger partial charge in [-0.2, -0.15) is 0 Å². The van der Waals surface area contributed by atoms with Crippen LogP contribution in [0.4, 0.5) is 11.4 Å². The van der Waals surface area contributed by atoms with E-state index in [2.05, 4.69) is 5.32 Å². The molecule has 1 aliphatic heterocycles. The van der Waals surface area contributed by atoms with Gasteiger partial charge >= 0.3 is 0 Å². The summed E-state index contributed by atoms with van der Waals surface area (Å²) in [6.45, 7) is -0.124. The molecule has 0 spiro atoms. The molecule has 6 nitrogen and oxygen atoms in total. The fraction of sp³-hybridized carbons (Fsp3) is 0.136. The van der Waals surface area contributed by atoms with E-state index in [1.807, 2.05) is 24.5 Å². The summed E-state index contributed by atoms with van der Waals surface area (Å²) in [7, 11) is -3.86. The van der Waals surface area contributed by atoms with E-state index in [1.165, 1.54) is 28.2 Å². The highest BCUT2D eigenvalue weighted by Gasteiger charge is 2.37. The Morgan fingerprint density at radius 1 is 1.00 bits per heavy atom. The highest BCUT2D eigenvalue weighted by Crippen LogP contribution is 2.37. The number of nitrogens with one attached hydrogen (secondary N) is 1. The number of amides is 1. The molecular weight excluding hydrogens is 420 g/mol. The molecule has 4 rings (SSSR count). The Kier molecular flexibility index (Phi) is 5.69. The van der Waals surface area contributed by atoms with Crippen molar-refractivity contribution in [2.75, 3.05) is 22.4 Å². The molecule has 1 amide bonds. The van der Waals surface area contributed by atoms with Crippen LogP contribution in [0, 0.1) is 0 Å². The molecule has 1 atom stereocenters. The fourth-order valence-electron chi connectivity index (χ4n) is 3.25. The van der Waals surface area contributed by atoms with Crippen LogP contribution in [0.2, 0.25) is 0 Å². The SMILES string of the molecule is CSc1ccccc1NC(=O)C1CN(S(=O)(=O)c2ccccc2)c2ccccc2O1. The van der Waals surface area contributed by atoms with Crippen LogP contribution in [0.25, 0.3) is 0 Å². The summed E-state index contributed by atoms with van der Waals surface area (Å²) < 4.78 is 33.7. The number of para-hydroxylation sites is 3. The smallest absolute Gasteiger partial charge is 0.267 e. The van der Waals surface area contributed by atoms with Crippen molar-refractivity contribution in [1.29, 1.82) is 0 Å². The maximum atomic E-state index is 13.3. The number of sulfonamides is 1. The van der Waals surface area contributed by atoms with E-state index in [4.69, 9.17) is 4.74 Å². The minimum atomic E-state index is -3.86. The van der Waals surface area contributed by atoms with Gasteiger partial charge in [0.05, 0.1) is 22.8 Å². The van der Waals surface area contributed by atoms with E-state index in [0.717, 1.165) is 4.90 Å². The first-order valence-electron chi connectivity index (χ1n) is 9.28. The maximum absolute atomic E-state index is 13.3. The topological polar surface area (TPSA) is 75.7 Å². The lowest BCUT2D eigenvalue weighted by Crippen LogP contribution is -2.48. The Bertz CT molecular complexity index is 1170. The molecule has 0 bridgehead atoms. The molecule has 0 saturated carbocycles. The normalized spacial score (nSPS) is 15.8. The van der Waals surface area contributed by atoms with Crippen molar-refractivity contribution >= 4 is 39.1 Å². The van der Waals surface area contributed by atoms with Gasteiger partial charge in [-0.05, 0) is 42.7 Å². The molecule has 30 heavy (non-hydrogen) atoms. The Hall–Kier alpha value is -2.97. The second-order valence-corrected chi connectivity index (χ2v) is 9.32. The zero-order valence-electron chi connectivity index (χ0n) is 16.2. The van der Waals surface area contributed by atoms with Gasteiger partial charge in [-0.3, -0.25) is 9.10 Å². The molecule has 3 aromatic carbocycles. The van der Waals surface area contributed by atoms with Crippen molar-refractivity contribution in [2.24, 2.45) is 0 Å². The van der Waals surface area contributed by atoms with E-state index in [0.29, 0.717) is 17.1 Å². The van der Waals surface area contributed by atoms with Gasteiger partial charge in [0.15, 0.2) is 6.10 Å². The van der Waals surface area contributed by atoms with Crippen molar-refractivity contribution in [2.45, 2.75) is 15.9 Å². The van der Waals surface area contributed by atoms with Crippen LogP contribution in [-0.4, -0.2) is 33.2 Å². The van der Waals surface area contributed by atoms with E-state index in [9.17, 15) is 13.2 Å². The average molecular weight is 441 g/mol. The first-order chi connectivity index (χ1) is 14.5. The Morgan fingerprint density at radius 3 is 2.43 bits per heavy atom. The molecule has 1 heterocycles. The molecule has 1 N–H and O–H groups in total. The molecule has 1 unspecified atom stereocenters. The van der Waals surface area contributed by atoms with Gasteiger partial charge in [0.2, 0.25) is 0 Å². The van der Waals surface area contributed by atoms with Crippen LogP contribution in [0.3, 0.4) is 0 Å². The van der Waals surface area contributed by atoms with Gasteiger partial charge in [-0.15, -0.1) is 11.8 Å². The molecule has 3 aromatic rings. The third-order valence-electron chi connectivity index (χ3n) is 4.72. The highest BCUT2D eigenvalue weighted by atomic mass is 32.2. The monoisotopic (exact) mass is 440 g/mol. The lowest BCUT2D eigenvalue weighted by atomic mass is 10.2. The maximum Gasteiger partial charge on any atom is 0.267 e. The van der Waals surface area contributed by atoms with Gasteiger partial charge in [0.25, 0.3) is 15.9 Å². The molecule has 0 saturated heterocycles. The standard InChI is InChI=1S/C22H20N2O4S2/c1-29-21-14-8-5-11-17(21)23-22(25)20-15-24(18-12-6-7-13-19(18)28-20)30(26,27)16-9-3-2-4-10-16/h2-14,20H,15H2,1H3,(H,23,25). The summed E-state index contributed by atoms with van der Waals surface area (Å²) in [6, 6.07) is 22.4. The van der Waals surface area contributed by atoms with Crippen molar-refractivity contribution < 1.29 is 17.9 Å². The highest BCUT2D eigenvalue weighted by molar-refractivity contribution is 7.98. The number of carbonyl (C=O) groups excluding carboxylic acids is 1. The summed E-state index contributed by atoms with van der Waals surface area (Å²) in [6.07, 6.45) is 0.931. The third-order valence-corrected chi connectivity index (χ3v) is 7.31. The summed E-state index contributed by atoms with van der Waals surface area (Å²) in [5.41, 5.74) is 1.07. The molecular formula is C22H20N2O4S2. The summed E-state index contributed by atoms with van der Waals surface area (Å²) in [4.78, 5) is 14.1. The zero-order valence-corrected chi connectivity index (χ0v) is 17.8. The van der Waals surface area contributed by atoms with Gasteiger partial charge in [-0.1, -0.05) is 42.5 Å². The molecule has 1 aliphatic rings. The van der Waals surface area contributed by atoms with Crippen LogP contribution in [0.1, 0.15) is 0 Å². The Labute approximate surface area is 179 Å². The fourth-order valence-corrected chi connectivity index (χ4v) is 5.30. The number of benzene rings is 3. The summed E-state index contributed by atoms with van der Waals surface area (Å²) >= 11 is 1.51. The lowest BCUT2D eigenvalue weighted by molar-refractivity contribution is -0.122. The summed E-state index contributed by atoms with van der Waals surface area (Å²) in [5, 5.41) is 2.87. The van der Waals surface area contributed by atoms with Crippen LogP contribution in [0.5, 0.6) is 5.75 Å². The first-order valence-corrected chi connectivity index (χ1v) is 11.9. The number of thioether (sulfide) groups is 1. The van der Waals surface area contributed by atoms with E-state index >= 15 is 0 Å². The van der Waals surface area contributed by atoms with Crippen LogP contribution in [0.15, 0.2) is 88.7 Å². The molecule has 0 radical (unpaired) electrons. The minimum absolute atomic E-state index is 0.124. The van der Waals surface area contributed by atoms with Crippen molar-refractivity contribution in [3.63, 3.8) is 0 Å². The van der Waals surface area contributed by atoms with Gasteiger partial charge in [0.1, 0.15) is 5.75 Å². The number of rotatable bonds is 5. The zero-order chi connectivity index (χ0) is 21.1. The molecule has 0 aromatic heterocycles. The predicted octanol–water partition coefficient (Wildman–Crippen LogP) is 4.00. The van der Waals surface area contributed by atoms with Crippen molar-refractivity contribution in [3.05, 3.63) is 78.9 Å². The van der Waals surface area contributed by atoms with Crippen molar-refractivity contribution in [3.8, 4) is 5.75 Å². The Morgan fingerprint density at radius 2 is 1.67 bits per heavy atom. The number of hydrogen-bond donors (Lipinski definition) is 1. The van der Waals surface area contributed by atoms with E-state index in [1.54, 1.807) is 48.5 Å². The van der Waals surface area contributed by atoms with Gasteiger partial charge in [-0.25, -0.2) is 8.42 Å². The number of carbonyl (C=O) groups is 1. The number of hydrogen-bond acceptors (Lipinski definition) is 5. The largest absolute Gasteiger partial charge is 0.476 e. The number of fused-ring (bicyclic) bond motifs is 1. The van der Waals surface area contributed by atoms with E-state index < -0.39 is 22.0 Å². The quantitative estimate of drug-likeness (QED) is 0.607. The molecule has 0 aliphatic carbocycles. The second-order valence-electron chi connectivity index (χ2n) is 6.61. The lowest BCUT2D eigenvalue weighted by Gasteiger charge is -2.34. The predicted molar refractivity (Wildman–Crippen MR) is 119 cm³/mol. The number of anilines is 2. The van der Waals surface area contributed by atoms with E-state index in [-0.39, 0.29) is 11.4 Å². The molecule has 154 valence electrons. The first kappa shape index (κ1) is 20.3. The summed E-state index contributed by atoms with van der Waals surface area (Å²) in [5.74, 6) is -0.0548. The minimum Gasteiger partial charge on any atom is -0.476 e. The molecule has 8 heteroatoms. The number of nitrogens with zero attached hydrogens (tertiary/aromatic N) is 1.